The molecule has 6 nitrogen and oxygen atoms in total. The molecule has 0 radical (unpaired) electrons. The van der Waals surface area contributed by atoms with Crippen LogP contribution in [0.5, 0.6) is 0 Å². The fourth-order valence-corrected chi connectivity index (χ4v) is 2.70. The Kier molecular flexibility index (Phi) is 4.53. The molecule has 0 bridgehead atoms. The fraction of sp³-hybridized carbons (Fsp3) is 0.833. The molecule has 0 aromatic heterocycles. The molecule has 0 aliphatic heterocycles. The minimum atomic E-state index is -3.67. The van der Waals surface area contributed by atoms with E-state index in [2.05, 4.69) is 0 Å². The van der Waals surface area contributed by atoms with E-state index in [1.807, 2.05) is 0 Å². The Balaban J connectivity index is 4.08. The Hall–Kier alpha value is -0.630. The van der Waals surface area contributed by atoms with Gasteiger partial charge in [0.1, 0.15) is 9.84 Å². The summed E-state index contributed by atoms with van der Waals surface area (Å²) in [5, 5.41) is 0. The maximum absolute atomic E-state index is 11.0. The average Bonchev–Trinajstić information content (AvgIpc) is 1.78. The molecular weight excluding hydrogens is 230 g/mol. The van der Waals surface area contributed by atoms with Gasteiger partial charge in [0.25, 0.3) is 0 Å². The molecule has 0 fully saturated rings. The monoisotopic (exact) mass is 243 g/mol. The van der Waals surface area contributed by atoms with Crippen molar-refractivity contribution in [3.8, 4) is 0 Å². The van der Waals surface area contributed by atoms with Gasteiger partial charge in [0.05, 0.1) is 11.5 Å². The van der Waals surface area contributed by atoms with Crippen molar-refractivity contribution in [2.24, 2.45) is 0 Å². The maximum Gasteiger partial charge on any atom is 0.234 e. The van der Waals surface area contributed by atoms with Gasteiger partial charge in [-0.3, -0.25) is 9.52 Å². The van der Waals surface area contributed by atoms with E-state index in [1.165, 1.54) is 0 Å². The van der Waals surface area contributed by atoms with Crippen LogP contribution in [0.25, 0.3) is 0 Å². The lowest BCUT2D eigenvalue weighted by molar-refractivity contribution is -0.117. The Morgan fingerprint density at radius 2 is 1.64 bits per heavy atom. The van der Waals surface area contributed by atoms with E-state index in [-0.39, 0.29) is 17.9 Å². The van der Waals surface area contributed by atoms with Crippen LogP contribution < -0.4 is 4.72 Å². The summed E-state index contributed by atoms with van der Waals surface area (Å²) < 4.78 is 45.1. The number of sulfonamides is 1. The molecule has 0 aliphatic rings. The van der Waals surface area contributed by atoms with Gasteiger partial charge in [-0.15, -0.1) is 0 Å². The summed E-state index contributed by atoms with van der Waals surface area (Å²) in [6, 6.07) is 0. The minimum absolute atomic E-state index is 0.0125. The molecule has 0 atom stereocenters. The molecule has 8 heteroatoms. The number of rotatable bonds is 5. The van der Waals surface area contributed by atoms with Crippen molar-refractivity contribution < 1.29 is 21.6 Å². The zero-order chi connectivity index (χ0) is 11.4. The zero-order valence-electron chi connectivity index (χ0n) is 7.98. The first-order chi connectivity index (χ1) is 6.12. The van der Waals surface area contributed by atoms with Crippen molar-refractivity contribution in [2.45, 2.75) is 13.3 Å². The topological polar surface area (TPSA) is 97.4 Å². The molecule has 1 amide bonds. The molecule has 0 aromatic carbocycles. The summed E-state index contributed by atoms with van der Waals surface area (Å²) in [7, 11) is -6.82. The van der Waals surface area contributed by atoms with Crippen LogP contribution in [0.3, 0.4) is 0 Å². The lowest BCUT2D eigenvalue weighted by atomic mass is 10.6. The van der Waals surface area contributed by atoms with E-state index in [1.54, 1.807) is 4.72 Å². The molecule has 0 saturated heterocycles. The summed E-state index contributed by atoms with van der Waals surface area (Å²) in [6.45, 7) is 1.08. The Morgan fingerprint density at radius 3 is 2.00 bits per heavy atom. The summed E-state index contributed by atoms with van der Waals surface area (Å²) in [5.41, 5.74) is 0. The number of hydrogen-bond donors (Lipinski definition) is 1. The van der Waals surface area contributed by atoms with Crippen molar-refractivity contribution in [3.63, 3.8) is 0 Å². The Morgan fingerprint density at radius 1 is 1.14 bits per heavy atom. The number of amides is 1. The van der Waals surface area contributed by atoms with E-state index in [9.17, 15) is 21.6 Å². The molecule has 0 unspecified atom stereocenters. The highest BCUT2D eigenvalue weighted by atomic mass is 32.2. The number of carbonyl (C=O) groups is 1. The van der Waals surface area contributed by atoms with Crippen molar-refractivity contribution in [2.75, 3.05) is 17.8 Å². The minimum Gasteiger partial charge on any atom is -0.274 e. The maximum atomic E-state index is 11.0. The zero-order valence-corrected chi connectivity index (χ0v) is 9.61. The van der Waals surface area contributed by atoms with Crippen LogP contribution in [0.1, 0.15) is 13.3 Å². The highest BCUT2D eigenvalue weighted by Gasteiger charge is 2.12. The van der Waals surface area contributed by atoms with Crippen LogP contribution >= 0.6 is 0 Å². The van der Waals surface area contributed by atoms with Crippen molar-refractivity contribution >= 4 is 25.8 Å². The molecule has 0 heterocycles. The second-order valence-corrected chi connectivity index (χ2v) is 7.06. The third-order valence-corrected chi connectivity index (χ3v) is 3.68. The molecule has 0 rings (SSSR count). The number of hydrogen-bond acceptors (Lipinski definition) is 5. The normalized spacial score (nSPS) is 12.4. The van der Waals surface area contributed by atoms with Gasteiger partial charge in [0, 0.05) is 13.2 Å². The van der Waals surface area contributed by atoms with Crippen LogP contribution in [-0.2, 0) is 24.7 Å². The SMILES string of the molecule is CC(=O)NS(=O)(=O)CCCS(C)(=O)=O. The molecule has 14 heavy (non-hydrogen) atoms. The summed E-state index contributed by atoms with van der Waals surface area (Å²) in [5.74, 6) is -1.24. The van der Waals surface area contributed by atoms with Gasteiger partial charge in [-0.2, -0.15) is 0 Å². The predicted octanol–water partition coefficient (Wildman–Crippen LogP) is -1.11. The molecule has 0 aliphatic carbocycles. The van der Waals surface area contributed by atoms with Gasteiger partial charge in [-0.05, 0) is 6.42 Å². The van der Waals surface area contributed by atoms with Crippen LogP contribution in [-0.4, -0.2) is 40.5 Å². The molecule has 0 spiro atoms. The molecule has 0 saturated carbocycles. The second-order valence-electron chi connectivity index (χ2n) is 2.96. The van der Waals surface area contributed by atoms with Gasteiger partial charge in [-0.1, -0.05) is 0 Å². The first-order valence-corrected chi connectivity index (χ1v) is 7.52. The second kappa shape index (κ2) is 4.74. The number of sulfone groups is 1. The summed E-state index contributed by atoms with van der Waals surface area (Å²) >= 11 is 0. The van der Waals surface area contributed by atoms with E-state index in [0.29, 0.717) is 0 Å². The van der Waals surface area contributed by atoms with Crippen molar-refractivity contribution in [1.82, 2.24) is 4.72 Å². The average molecular weight is 243 g/mol. The molecule has 84 valence electrons. The van der Waals surface area contributed by atoms with Gasteiger partial charge in [-0.25, -0.2) is 16.8 Å². The number of carbonyl (C=O) groups excluding carboxylic acids is 1. The van der Waals surface area contributed by atoms with Crippen LogP contribution in [0, 0.1) is 0 Å². The fourth-order valence-electron chi connectivity index (χ4n) is 0.781. The Labute approximate surface area is 83.7 Å². The van der Waals surface area contributed by atoms with Crippen molar-refractivity contribution in [1.29, 1.82) is 0 Å². The van der Waals surface area contributed by atoms with Gasteiger partial charge in [0.2, 0.25) is 15.9 Å². The lowest BCUT2D eigenvalue weighted by Gasteiger charge is -2.03. The van der Waals surface area contributed by atoms with Crippen LogP contribution in [0.2, 0.25) is 0 Å². The van der Waals surface area contributed by atoms with Gasteiger partial charge >= 0.3 is 0 Å². The van der Waals surface area contributed by atoms with Crippen molar-refractivity contribution in [3.05, 3.63) is 0 Å². The highest BCUT2D eigenvalue weighted by molar-refractivity contribution is 7.91. The van der Waals surface area contributed by atoms with E-state index < -0.39 is 25.8 Å². The molecule has 1 N–H and O–H groups in total. The standard InChI is InChI=1S/C6H13NO5S2/c1-6(8)7-14(11,12)5-3-4-13(2,9)10/h3-5H2,1-2H3,(H,7,8). The third kappa shape index (κ3) is 7.99. The smallest absolute Gasteiger partial charge is 0.234 e. The molecular formula is C6H13NO5S2. The molecule has 0 aromatic rings. The third-order valence-electron chi connectivity index (χ3n) is 1.23. The number of nitrogens with one attached hydrogen (secondary N) is 1. The van der Waals surface area contributed by atoms with E-state index in [0.717, 1.165) is 13.2 Å². The predicted molar refractivity (Wildman–Crippen MR) is 51.9 cm³/mol. The largest absolute Gasteiger partial charge is 0.274 e. The van der Waals surface area contributed by atoms with E-state index in [4.69, 9.17) is 0 Å². The summed E-state index contributed by atoms with van der Waals surface area (Å²) in [6.07, 6.45) is 1.01. The van der Waals surface area contributed by atoms with Crippen LogP contribution in [0.4, 0.5) is 0 Å². The first kappa shape index (κ1) is 13.4. The lowest BCUT2D eigenvalue weighted by Crippen LogP contribution is -2.31. The van der Waals surface area contributed by atoms with Gasteiger partial charge in [0.15, 0.2) is 0 Å². The van der Waals surface area contributed by atoms with Crippen LogP contribution in [0.15, 0.2) is 0 Å². The summed E-state index contributed by atoms with van der Waals surface area (Å²) in [4.78, 5) is 10.4. The highest BCUT2D eigenvalue weighted by Crippen LogP contribution is 1.93. The van der Waals surface area contributed by atoms with E-state index >= 15 is 0 Å². The Bertz CT molecular complexity index is 394. The first-order valence-electron chi connectivity index (χ1n) is 3.81. The quantitative estimate of drug-likeness (QED) is 0.660. The van der Waals surface area contributed by atoms with Gasteiger partial charge < -0.3 is 0 Å².